The Morgan fingerprint density at radius 1 is 1.09 bits per heavy atom. The van der Waals surface area contributed by atoms with E-state index in [1.54, 1.807) is 30.7 Å². The van der Waals surface area contributed by atoms with E-state index in [1.165, 1.54) is 11.8 Å². The molecule has 0 unspecified atom stereocenters. The fourth-order valence-electron chi connectivity index (χ4n) is 3.32. The van der Waals surface area contributed by atoms with E-state index < -0.39 is 0 Å². The van der Waals surface area contributed by atoms with Gasteiger partial charge in [-0.25, -0.2) is 4.98 Å². The quantitative estimate of drug-likeness (QED) is 0.371. The van der Waals surface area contributed by atoms with Crippen LogP contribution < -0.4 is 10.6 Å². The minimum atomic E-state index is -0.179. The molecule has 8 heteroatoms. The predicted octanol–water partition coefficient (Wildman–Crippen LogP) is 4.74. The minimum absolute atomic E-state index is 0.0925. The lowest BCUT2D eigenvalue weighted by Crippen LogP contribution is -2.22. The Labute approximate surface area is 196 Å². The Morgan fingerprint density at radius 2 is 1.91 bits per heavy atom. The molecular weight excluding hydrogens is 436 g/mol. The van der Waals surface area contributed by atoms with E-state index in [1.807, 2.05) is 61.0 Å². The molecule has 0 saturated carbocycles. The van der Waals surface area contributed by atoms with Crippen LogP contribution in [0.4, 0.5) is 5.69 Å². The molecule has 7 nitrogen and oxygen atoms in total. The van der Waals surface area contributed by atoms with Crippen molar-refractivity contribution in [3.05, 3.63) is 95.7 Å². The van der Waals surface area contributed by atoms with Crippen LogP contribution in [-0.2, 0) is 11.3 Å². The maximum absolute atomic E-state index is 12.4. The summed E-state index contributed by atoms with van der Waals surface area (Å²) >= 11 is 1.35. The number of hydrogen-bond donors (Lipinski definition) is 2. The number of benzene rings is 2. The number of rotatable bonds is 8. The molecule has 4 aromatic rings. The molecule has 0 aliphatic carbocycles. The number of nitrogens with zero attached hydrogens (tertiary/aromatic N) is 2. The van der Waals surface area contributed by atoms with Crippen LogP contribution in [0, 0.1) is 13.8 Å². The van der Waals surface area contributed by atoms with Crippen molar-refractivity contribution in [3.8, 4) is 5.69 Å². The number of imidazole rings is 1. The summed E-state index contributed by atoms with van der Waals surface area (Å²) in [5.41, 5.74) is 4.40. The zero-order valence-corrected chi connectivity index (χ0v) is 19.2. The smallest absolute Gasteiger partial charge is 0.251 e. The van der Waals surface area contributed by atoms with Crippen LogP contribution in [0.2, 0.25) is 0 Å². The number of thioether (sulfide) groups is 1. The van der Waals surface area contributed by atoms with E-state index in [2.05, 4.69) is 15.6 Å². The second kappa shape index (κ2) is 10.2. The van der Waals surface area contributed by atoms with Crippen molar-refractivity contribution >= 4 is 29.3 Å². The molecule has 0 saturated heterocycles. The molecule has 0 spiro atoms. The highest BCUT2D eigenvalue weighted by Gasteiger charge is 2.12. The van der Waals surface area contributed by atoms with Gasteiger partial charge in [-0.3, -0.25) is 14.2 Å². The van der Waals surface area contributed by atoms with Gasteiger partial charge < -0.3 is 15.1 Å². The Bertz CT molecular complexity index is 1250. The number of carbonyl (C=O) groups is 2. The first-order valence-electron chi connectivity index (χ1n) is 10.4. The zero-order valence-electron chi connectivity index (χ0n) is 18.4. The number of nitrogens with one attached hydrogen (secondary N) is 2. The van der Waals surface area contributed by atoms with Gasteiger partial charge in [0.05, 0.1) is 18.6 Å². The molecule has 0 radical (unpaired) electrons. The van der Waals surface area contributed by atoms with Gasteiger partial charge in [-0.1, -0.05) is 29.5 Å². The number of aryl methyl sites for hydroxylation is 2. The maximum atomic E-state index is 12.4. The third-order valence-electron chi connectivity index (χ3n) is 5.01. The summed E-state index contributed by atoms with van der Waals surface area (Å²) in [7, 11) is 0. The lowest BCUT2D eigenvalue weighted by Gasteiger charge is -2.10. The van der Waals surface area contributed by atoms with Gasteiger partial charge in [-0.15, -0.1) is 0 Å². The summed E-state index contributed by atoms with van der Waals surface area (Å²) in [5, 5.41) is 6.47. The van der Waals surface area contributed by atoms with Crippen molar-refractivity contribution in [2.24, 2.45) is 0 Å². The average Bonchev–Trinajstić information content (AvgIpc) is 3.50. The van der Waals surface area contributed by atoms with Gasteiger partial charge in [0.25, 0.3) is 5.91 Å². The average molecular weight is 461 g/mol. The highest BCUT2D eigenvalue weighted by atomic mass is 32.2. The first-order valence-corrected chi connectivity index (χ1v) is 11.4. The van der Waals surface area contributed by atoms with E-state index >= 15 is 0 Å². The lowest BCUT2D eigenvalue weighted by molar-refractivity contribution is -0.113. The number of anilines is 1. The second-order valence-electron chi connectivity index (χ2n) is 7.54. The summed E-state index contributed by atoms with van der Waals surface area (Å²) in [4.78, 5) is 29.2. The summed E-state index contributed by atoms with van der Waals surface area (Å²) in [6, 6.07) is 16.7. The molecule has 0 atom stereocenters. The van der Waals surface area contributed by atoms with Gasteiger partial charge in [0, 0.05) is 29.3 Å². The molecule has 0 aliphatic heterocycles. The van der Waals surface area contributed by atoms with Crippen LogP contribution >= 0.6 is 11.8 Å². The third-order valence-corrected chi connectivity index (χ3v) is 5.97. The Balaban J connectivity index is 1.35. The second-order valence-corrected chi connectivity index (χ2v) is 8.49. The molecule has 0 bridgehead atoms. The first-order chi connectivity index (χ1) is 16.0. The molecule has 0 aliphatic rings. The largest absolute Gasteiger partial charge is 0.467 e. The Morgan fingerprint density at radius 3 is 2.64 bits per heavy atom. The van der Waals surface area contributed by atoms with E-state index in [9.17, 15) is 9.59 Å². The molecule has 2 N–H and O–H groups in total. The molecule has 2 amide bonds. The molecule has 2 aromatic carbocycles. The van der Waals surface area contributed by atoms with Gasteiger partial charge in [0.1, 0.15) is 5.76 Å². The summed E-state index contributed by atoms with van der Waals surface area (Å²) in [5.74, 6) is 0.658. The number of carbonyl (C=O) groups excluding carboxylic acids is 2. The van der Waals surface area contributed by atoms with Gasteiger partial charge in [-0.2, -0.15) is 0 Å². The monoisotopic (exact) mass is 460 g/mol. The van der Waals surface area contributed by atoms with Crippen molar-refractivity contribution in [3.63, 3.8) is 0 Å². The number of hydrogen-bond acceptors (Lipinski definition) is 5. The van der Waals surface area contributed by atoms with Crippen molar-refractivity contribution in [2.75, 3.05) is 11.1 Å². The fraction of sp³-hybridized carbons (Fsp3) is 0.160. The maximum Gasteiger partial charge on any atom is 0.251 e. The van der Waals surface area contributed by atoms with Crippen LogP contribution in [0.5, 0.6) is 0 Å². The van der Waals surface area contributed by atoms with Crippen LogP contribution in [0.3, 0.4) is 0 Å². The van der Waals surface area contributed by atoms with Crippen LogP contribution in [0.1, 0.15) is 27.2 Å². The topological polar surface area (TPSA) is 89.2 Å². The van der Waals surface area contributed by atoms with Gasteiger partial charge in [-0.05, 0) is 61.9 Å². The molecule has 2 aromatic heterocycles. The Hall–Kier alpha value is -3.78. The SMILES string of the molecule is Cc1ccc(NC(=O)CSc2nccn2-c2ccc(C(=O)NCc3ccco3)cc2)c(C)c1. The van der Waals surface area contributed by atoms with E-state index in [-0.39, 0.29) is 17.6 Å². The van der Waals surface area contributed by atoms with Crippen molar-refractivity contribution in [1.29, 1.82) is 0 Å². The van der Waals surface area contributed by atoms with Crippen LogP contribution in [-0.4, -0.2) is 27.1 Å². The number of furan rings is 1. The van der Waals surface area contributed by atoms with Crippen molar-refractivity contribution < 1.29 is 14.0 Å². The molecule has 2 heterocycles. The van der Waals surface area contributed by atoms with Crippen molar-refractivity contribution in [2.45, 2.75) is 25.5 Å². The summed E-state index contributed by atoms with van der Waals surface area (Å²) in [6.07, 6.45) is 5.09. The van der Waals surface area contributed by atoms with E-state index in [0.717, 1.165) is 22.5 Å². The molecular formula is C25H24N4O3S. The highest BCUT2D eigenvalue weighted by Crippen LogP contribution is 2.22. The lowest BCUT2D eigenvalue weighted by atomic mass is 10.1. The highest BCUT2D eigenvalue weighted by molar-refractivity contribution is 7.99. The van der Waals surface area contributed by atoms with E-state index in [0.29, 0.717) is 23.0 Å². The molecule has 33 heavy (non-hydrogen) atoms. The normalized spacial score (nSPS) is 10.7. The van der Waals surface area contributed by atoms with E-state index in [4.69, 9.17) is 4.42 Å². The van der Waals surface area contributed by atoms with Crippen LogP contribution in [0.25, 0.3) is 5.69 Å². The minimum Gasteiger partial charge on any atom is -0.467 e. The standard InChI is InChI=1S/C25H24N4O3S/c1-17-5-10-22(18(2)14-17)28-23(30)16-33-25-26-11-12-29(25)20-8-6-19(7-9-20)24(31)27-15-21-4-3-13-32-21/h3-14H,15-16H2,1-2H3,(H,27,31)(H,28,30). The van der Waals surface area contributed by atoms with Gasteiger partial charge in [0.15, 0.2) is 5.16 Å². The fourth-order valence-corrected chi connectivity index (χ4v) is 4.09. The molecule has 4 rings (SSSR count). The zero-order chi connectivity index (χ0) is 23.2. The van der Waals surface area contributed by atoms with Crippen LogP contribution in [0.15, 0.2) is 82.8 Å². The van der Waals surface area contributed by atoms with Gasteiger partial charge in [0.2, 0.25) is 5.91 Å². The summed E-state index contributed by atoms with van der Waals surface area (Å²) in [6.45, 7) is 4.33. The molecule has 168 valence electrons. The number of amides is 2. The summed E-state index contributed by atoms with van der Waals surface area (Å²) < 4.78 is 7.12. The number of aromatic nitrogens is 2. The van der Waals surface area contributed by atoms with Gasteiger partial charge >= 0.3 is 0 Å². The third kappa shape index (κ3) is 5.72. The first kappa shape index (κ1) is 22.4. The molecule has 0 fully saturated rings. The Kier molecular flexibility index (Phi) is 6.95. The van der Waals surface area contributed by atoms with Crippen molar-refractivity contribution in [1.82, 2.24) is 14.9 Å². The predicted molar refractivity (Wildman–Crippen MR) is 129 cm³/mol.